The van der Waals surface area contributed by atoms with E-state index in [-0.39, 0.29) is 5.41 Å². The van der Waals surface area contributed by atoms with E-state index >= 15 is 0 Å². The maximum absolute atomic E-state index is 12.5. The third-order valence-electron chi connectivity index (χ3n) is 4.55. The average molecular weight is 237 g/mol. The fraction of sp³-hybridized carbons (Fsp3) is 0.923. The van der Waals surface area contributed by atoms with E-state index in [2.05, 4.69) is 22.0 Å². The smallest absolute Gasteiger partial charge is 0.229 e. The van der Waals surface area contributed by atoms with E-state index in [9.17, 15) is 4.79 Å². The summed E-state index contributed by atoms with van der Waals surface area (Å²) in [5.74, 6) is 0.373. The second-order valence-electron chi connectivity index (χ2n) is 6.05. The highest BCUT2D eigenvalue weighted by Crippen LogP contribution is 2.30. The van der Waals surface area contributed by atoms with Crippen LogP contribution in [0.1, 0.15) is 26.2 Å². The molecular weight excluding hydrogens is 214 g/mol. The van der Waals surface area contributed by atoms with Crippen LogP contribution in [0.3, 0.4) is 0 Å². The predicted molar refractivity (Wildman–Crippen MR) is 66.8 cm³/mol. The molecule has 0 radical (unpaired) electrons. The molecule has 17 heavy (non-hydrogen) atoms. The molecule has 1 atom stereocenters. The number of nitrogens with zero attached hydrogens (tertiary/aromatic N) is 2. The van der Waals surface area contributed by atoms with Crippen molar-refractivity contribution in [2.24, 2.45) is 5.41 Å². The lowest BCUT2D eigenvalue weighted by molar-refractivity contribution is -0.142. The van der Waals surface area contributed by atoms with Crippen LogP contribution >= 0.6 is 0 Å². The molecule has 1 saturated carbocycles. The molecular formula is C13H23N3O. The Labute approximate surface area is 103 Å². The molecule has 0 spiro atoms. The largest absolute Gasteiger partial charge is 0.340 e. The van der Waals surface area contributed by atoms with Crippen LogP contribution in [0.25, 0.3) is 0 Å². The van der Waals surface area contributed by atoms with Gasteiger partial charge in [-0.2, -0.15) is 0 Å². The van der Waals surface area contributed by atoms with Crippen molar-refractivity contribution in [3.05, 3.63) is 0 Å². The number of hydrogen-bond acceptors (Lipinski definition) is 3. The summed E-state index contributed by atoms with van der Waals surface area (Å²) in [6, 6.07) is 0.844. The molecule has 1 unspecified atom stereocenters. The van der Waals surface area contributed by atoms with Crippen LogP contribution in [0.4, 0.5) is 0 Å². The van der Waals surface area contributed by atoms with Crippen molar-refractivity contribution in [1.29, 1.82) is 0 Å². The molecule has 0 bridgehead atoms. The molecule has 3 aliphatic rings. The number of carbonyl (C=O) groups is 1. The Hall–Kier alpha value is -0.610. The number of hydrogen-bond donors (Lipinski definition) is 1. The van der Waals surface area contributed by atoms with Crippen molar-refractivity contribution in [2.45, 2.75) is 32.2 Å². The highest BCUT2D eigenvalue weighted by atomic mass is 16.2. The third-order valence-corrected chi connectivity index (χ3v) is 4.55. The van der Waals surface area contributed by atoms with Crippen molar-refractivity contribution < 1.29 is 4.79 Å². The maximum atomic E-state index is 12.5. The van der Waals surface area contributed by atoms with E-state index in [1.54, 1.807) is 0 Å². The molecule has 2 heterocycles. The third kappa shape index (κ3) is 2.20. The zero-order chi connectivity index (χ0) is 11.9. The summed E-state index contributed by atoms with van der Waals surface area (Å²) < 4.78 is 0. The number of nitrogens with one attached hydrogen (secondary N) is 1. The normalized spacial score (nSPS) is 35.2. The van der Waals surface area contributed by atoms with Gasteiger partial charge in [-0.1, -0.05) is 0 Å². The van der Waals surface area contributed by atoms with E-state index in [4.69, 9.17) is 0 Å². The molecule has 4 nitrogen and oxygen atoms in total. The fourth-order valence-electron chi connectivity index (χ4n) is 3.11. The van der Waals surface area contributed by atoms with Gasteiger partial charge in [-0.25, -0.2) is 0 Å². The van der Waals surface area contributed by atoms with Crippen LogP contribution in [-0.4, -0.2) is 61.0 Å². The highest BCUT2D eigenvalue weighted by Gasteiger charge is 2.41. The molecule has 2 saturated heterocycles. The lowest BCUT2D eigenvalue weighted by Crippen LogP contribution is -2.53. The Balaban J connectivity index is 1.56. The monoisotopic (exact) mass is 237 g/mol. The topological polar surface area (TPSA) is 35.6 Å². The SMILES string of the molecule is CC1(C(=O)N2CCN(C3CC3)CC2)CCNC1. The summed E-state index contributed by atoms with van der Waals surface area (Å²) in [4.78, 5) is 17.1. The van der Waals surface area contributed by atoms with Gasteiger partial charge in [-0.05, 0) is 32.7 Å². The molecule has 2 aliphatic heterocycles. The van der Waals surface area contributed by atoms with Gasteiger partial charge in [-0.15, -0.1) is 0 Å². The molecule has 1 aliphatic carbocycles. The van der Waals surface area contributed by atoms with Gasteiger partial charge < -0.3 is 10.2 Å². The molecule has 3 rings (SSSR count). The summed E-state index contributed by atoms with van der Waals surface area (Å²) in [5.41, 5.74) is -0.137. The second-order valence-corrected chi connectivity index (χ2v) is 6.05. The first-order valence-corrected chi connectivity index (χ1v) is 6.93. The zero-order valence-electron chi connectivity index (χ0n) is 10.7. The molecule has 0 aromatic heterocycles. The van der Waals surface area contributed by atoms with Gasteiger partial charge >= 0.3 is 0 Å². The molecule has 0 aromatic rings. The van der Waals surface area contributed by atoms with E-state index in [0.29, 0.717) is 5.91 Å². The zero-order valence-corrected chi connectivity index (χ0v) is 10.7. The van der Waals surface area contributed by atoms with E-state index in [0.717, 1.165) is 51.7 Å². The summed E-state index contributed by atoms with van der Waals surface area (Å²) >= 11 is 0. The summed E-state index contributed by atoms with van der Waals surface area (Å²) in [7, 11) is 0. The lowest BCUT2D eigenvalue weighted by atomic mass is 9.88. The van der Waals surface area contributed by atoms with Crippen molar-refractivity contribution in [3.63, 3.8) is 0 Å². The summed E-state index contributed by atoms with van der Waals surface area (Å²) in [6.07, 6.45) is 3.74. The number of piperazine rings is 1. The molecule has 1 amide bonds. The van der Waals surface area contributed by atoms with Gasteiger partial charge in [0.1, 0.15) is 0 Å². The van der Waals surface area contributed by atoms with Crippen molar-refractivity contribution in [2.75, 3.05) is 39.3 Å². The van der Waals surface area contributed by atoms with Crippen molar-refractivity contribution in [3.8, 4) is 0 Å². The Morgan fingerprint density at radius 1 is 1.24 bits per heavy atom. The van der Waals surface area contributed by atoms with Crippen LogP contribution in [0.5, 0.6) is 0 Å². The lowest BCUT2D eigenvalue weighted by Gasteiger charge is -2.38. The van der Waals surface area contributed by atoms with Gasteiger partial charge in [0.2, 0.25) is 5.91 Å². The van der Waals surface area contributed by atoms with Gasteiger partial charge in [0.15, 0.2) is 0 Å². The average Bonchev–Trinajstić information content (AvgIpc) is 3.11. The molecule has 3 fully saturated rings. The molecule has 1 N–H and O–H groups in total. The van der Waals surface area contributed by atoms with Gasteiger partial charge in [-0.3, -0.25) is 9.69 Å². The second kappa shape index (κ2) is 4.25. The van der Waals surface area contributed by atoms with E-state index in [1.165, 1.54) is 12.8 Å². The van der Waals surface area contributed by atoms with Gasteiger partial charge in [0.05, 0.1) is 5.41 Å². The van der Waals surface area contributed by atoms with Crippen molar-refractivity contribution >= 4 is 5.91 Å². The summed E-state index contributed by atoms with van der Waals surface area (Å²) in [5, 5.41) is 3.31. The van der Waals surface area contributed by atoms with Gasteiger partial charge in [0, 0.05) is 38.8 Å². The van der Waals surface area contributed by atoms with Crippen LogP contribution in [0.15, 0.2) is 0 Å². The minimum Gasteiger partial charge on any atom is -0.340 e. The minimum absolute atomic E-state index is 0.137. The standard InChI is InChI=1S/C13H23N3O/c1-13(4-5-14-10-13)12(17)16-8-6-15(7-9-16)11-2-3-11/h11,14H,2-10H2,1H3. The Morgan fingerprint density at radius 3 is 2.47 bits per heavy atom. The van der Waals surface area contributed by atoms with Crippen LogP contribution in [0.2, 0.25) is 0 Å². The summed E-state index contributed by atoms with van der Waals surface area (Å²) in [6.45, 7) is 8.00. The predicted octanol–water partition coefficient (Wildman–Crippen LogP) is 0.293. The first kappa shape index (κ1) is 11.5. The molecule has 4 heteroatoms. The number of rotatable bonds is 2. The maximum Gasteiger partial charge on any atom is 0.229 e. The molecule has 96 valence electrons. The van der Waals surface area contributed by atoms with E-state index in [1.807, 2.05) is 0 Å². The Bertz CT molecular complexity index is 300. The minimum atomic E-state index is -0.137. The highest BCUT2D eigenvalue weighted by molar-refractivity contribution is 5.83. The van der Waals surface area contributed by atoms with Crippen LogP contribution in [0, 0.1) is 5.41 Å². The van der Waals surface area contributed by atoms with Gasteiger partial charge in [0.25, 0.3) is 0 Å². The van der Waals surface area contributed by atoms with E-state index < -0.39 is 0 Å². The molecule has 0 aromatic carbocycles. The quantitative estimate of drug-likeness (QED) is 0.750. The van der Waals surface area contributed by atoms with Crippen LogP contribution in [-0.2, 0) is 4.79 Å². The van der Waals surface area contributed by atoms with Crippen LogP contribution < -0.4 is 5.32 Å². The number of amides is 1. The fourth-order valence-corrected chi connectivity index (χ4v) is 3.11. The number of carbonyl (C=O) groups excluding carboxylic acids is 1. The van der Waals surface area contributed by atoms with Crippen molar-refractivity contribution in [1.82, 2.24) is 15.1 Å². The Morgan fingerprint density at radius 2 is 1.94 bits per heavy atom. The Kier molecular flexibility index (Phi) is 2.87. The first-order chi connectivity index (χ1) is 8.19. The first-order valence-electron chi connectivity index (χ1n) is 6.93.